The Hall–Kier alpha value is -0.860. The molecule has 1 amide bonds. The molecule has 3 nitrogen and oxygen atoms in total. The predicted octanol–water partition coefficient (Wildman–Crippen LogP) is 1.22. The molecule has 1 heterocycles. The van der Waals surface area contributed by atoms with Gasteiger partial charge in [-0.25, -0.2) is 0 Å². The van der Waals surface area contributed by atoms with Crippen molar-refractivity contribution in [3.8, 4) is 0 Å². The summed E-state index contributed by atoms with van der Waals surface area (Å²) in [6.07, 6.45) is 1.10. The summed E-state index contributed by atoms with van der Waals surface area (Å²) in [7, 11) is 0. The Balaban J connectivity index is 2.47. The van der Waals surface area contributed by atoms with Crippen molar-refractivity contribution in [3.63, 3.8) is 0 Å². The molecule has 0 aromatic carbocycles. The fourth-order valence-corrected chi connectivity index (χ4v) is 1.65. The standard InChI is InChI=1S/C10H17NO2/c1-8(12)6-9(13)11-5-4-10(2,3)7-11/h4-7H2,1-3H3. The van der Waals surface area contributed by atoms with Crippen molar-refractivity contribution in [2.75, 3.05) is 13.1 Å². The van der Waals surface area contributed by atoms with Gasteiger partial charge in [0.25, 0.3) is 0 Å². The van der Waals surface area contributed by atoms with Gasteiger partial charge in [-0.05, 0) is 18.8 Å². The number of nitrogens with zero attached hydrogens (tertiary/aromatic N) is 1. The van der Waals surface area contributed by atoms with Gasteiger partial charge < -0.3 is 4.90 Å². The van der Waals surface area contributed by atoms with Crippen molar-refractivity contribution in [1.29, 1.82) is 0 Å². The maximum atomic E-state index is 11.4. The molecule has 0 bridgehead atoms. The monoisotopic (exact) mass is 183 g/mol. The van der Waals surface area contributed by atoms with E-state index in [1.54, 1.807) is 4.90 Å². The molecule has 0 unspecified atom stereocenters. The number of carbonyl (C=O) groups excluding carboxylic acids is 2. The minimum absolute atomic E-state index is 0.0157. The van der Waals surface area contributed by atoms with Crippen LogP contribution < -0.4 is 0 Å². The van der Waals surface area contributed by atoms with Crippen LogP contribution in [0.5, 0.6) is 0 Å². The van der Waals surface area contributed by atoms with E-state index in [2.05, 4.69) is 13.8 Å². The minimum Gasteiger partial charge on any atom is -0.342 e. The Morgan fingerprint density at radius 1 is 1.38 bits per heavy atom. The maximum Gasteiger partial charge on any atom is 0.230 e. The molecule has 0 spiro atoms. The van der Waals surface area contributed by atoms with Crippen LogP contribution in [-0.2, 0) is 9.59 Å². The number of hydrogen-bond donors (Lipinski definition) is 0. The van der Waals surface area contributed by atoms with Crippen LogP contribution in [0, 0.1) is 5.41 Å². The fraction of sp³-hybridized carbons (Fsp3) is 0.800. The van der Waals surface area contributed by atoms with Crippen LogP contribution in [0.1, 0.15) is 33.6 Å². The number of ketones is 1. The molecule has 0 aliphatic carbocycles. The number of amides is 1. The van der Waals surface area contributed by atoms with E-state index in [0.29, 0.717) is 0 Å². The summed E-state index contributed by atoms with van der Waals surface area (Å²) >= 11 is 0. The lowest BCUT2D eigenvalue weighted by Gasteiger charge is -2.19. The molecule has 0 aromatic heterocycles. The van der Waals surface area contributed by atoms with E-state index < -0.39 is 0 Å². The summed E-state index contributed by atoms with van der Waals surface area (Å²) in [6.45, 7) is 7.35. The molecule has 0 aromatic rings. The molecule has 74 valence electrons. The average Bonchev–Trinajstić information content (AvgIpc) is 2.28. The molecule has 0 radical (unpaired) electrons. The second-order valence-electron chi connectivity index (χ2n) is 4.61. The molecule has 1 rings (SSSR count). The first-order valence-corrected chi connectivity index (χ1v) is 4.68. The Morgan fingerprint density at radius 3 is 2.38 bits per heavy atom. The van der Waals surface area contributed by atoms with Gasteiger partial charge in [-0.1, -0.05) is 13.8 Å². The van der Waals surface area contributed by atoms with E-state index in [1.807, 2.05) is 0 Å². The number of rotatable bonds is 2. The Morgan fingerprint density at radius 2 is 2.00 bits per heavy atom. The molecule has 1 fully saturated rings. The Kier molecular flexibility index (Phi) is 2.74. The molecule has 1 aliphatic heterocycles. The highest BCUT2D eigenvalue weighted by Crippen LogP contribution is 2.28. The predicted molar refractivity (Wildman–Crippen MR) is 50.3 cm³/mol. The van der Waals surface area contributed by atoms with E-state index in [-0.39, 0.29) is 23.5 Å². The van der Waals surface area contributed by atoms with Gasteiger partial charge in [0.2, 0.25) is 5.91 Å². The number of likely N-dealkylation sites (tertiary alicyclic amines) is 1. The highest BCUT2D eigenvalue weighted by atomic mass is 16.2. The lowest BCUT2D eigenvalue weighted by molar-refractivity contribution is -0.134. The summed E-state index contributed by atoms with van der Waals surface area (Å²) < 4.78 is 0. The Labute approximate surface area is 79.1 Å². The zero-order chi connectivity index (χ0) is 10.1. The second-order valence-corrected chi connectivity index (χ2v) is 4.61. The van der Waals surface area contributed by atoms with Gasteiger partial charge in [0.15, 0.2) is 0 Å². The van der Waals surface area contributed by atoms with Crippen LogP contribution in [0.3, 0.4) is 0 Å². The summed E-state index contributed by atoms with van der Waals surface area (Å²) in [6, 6.07) is 0. The lowest BCUT2D eigenvalue weighted by Crippen LogP contribution is -2.31. The summed E-state index contributed by atoms with van der Waals surface area (Å²) in [5.74, 6) is -0.0622. The van der Waals surface area contributed by atoms with Crippen LogP contribution in [0.25, 0.3) is 0 Å². The van der Waals surface area contributed by atoms with E-state index in [1.165, 1.54) is 6.92 Å². The first-order chi connectivity index (χ1) is 5.91. The van der Waals surface area contributed by atoms with Crippen molar-refractivity contribution in [2.45, 2.75) is 33.6 Å². The summed E-state index contributed by atoms with van der Waals surface area (Å²) in [5, 5.41) is 0. The molecule has 3 heteroatoms. The molecular formula is C10H17NO2. The van der Waals surface area contributed by atoms with Crippen LogP contribution in [0.15, 0.2) is 0 Å². The Bertz CT molecular complexity index is 233. The molecule has 0 atom stereocenters. The highest BCUT2D eigenvalue weighted by molar-refractivity contribution is 5.96. The smallest absolute Gasteiger partial charge is 0.230 e. The molecule has 13 heavy (non-hydrogen) atoms. The third-order valence-electron chi connectivity index (χ3n) is 2.43. The topological polar surface area (TPSA) is 37.4 Å². The summed E-state index contributed by atoms with van der Waals surface area (Å²) in [5.41, 5.74) is 0.229. The lowest BCUT2D eigenvalue weighted by atomic mass is 9.93. The van der Waals surface area contributed by atoms with Crippen molar-refractivity contribution in [3.05, 3.63) is 0 Å². The van der Waals surface area contributed by atoms with Crippen LogP contribution in [0.2, 0.25) is 0 Å². The first-order valence-electron chi connectivity index (χ1n) is 4.68. The largest absolute Gasteiger partial charge is 0.342 e. The average molecular weight is 183 g/mol. The van der Waals surface area contributed by atoms with Gasteiger partial charge >= 0.3 is 0 Å². The van der Waals surface area contributed by atoms with Gasteiger partial charge in [-0.3, -0.25) is 9.59 Å². The van der Waals surface area contributed by atoms with E-state index >= 15 is 0 Å². The molecule has 1 aliphatic rings. The summed E-state index contributed by atoms with van der Waals surface area (Å²) in [4.78, 5) is 24.0. The molecule has 0 N–H and O–H groups in total. The van der Waals surface area contributed by atoms with Gasteiger partial charge in [-0.15, -0.1) is 0 Å². The third-order valence-corrected chi connectivity index (χ3v) is 2.43. The van der Waals surface area contributed by atoms with Crippen molar-refractivity contribution in [2.24, 2.45) is 5.41 Å². The van der Waals surface area contributed by atoms with Crippen LogP contribution in [0.4, 0.5) is 0 Å². The minimum atomic E-state index is -0.0466. The van der Waals surface area contributed by atoms with Crippen molar-refractivity contribution >= 4 is 11.7 Å². The van der Waals surface area contributed by atoms with Gasteiger partial charge in [-0.2, -0.15) is 0 Å². The maximum absolute atomic E-state index is 11.4. The van der Waals surface area contributed by atoms with Gasteiger partial charge in [0, 0.05) is 13.1 Å². The van der Waals surface area contributed by atoms with Crippen molar-refractivity contribution in [1.82, 2.24) is 4.90 Å². The number of carbonyl (C=O) groups is 2. The molecule has 1 saturated heterocycles. The molecular weight excluding hydrogens is 166 g/mol. The van der Waals surface area contributed by atoms with E-state index in [0.717, 1.165) is 19.5 Å². The zero-order valence-electron chi connectivity index (χ0n) is 8.59. The zero-order valence-corrected chi connectivity index (χ0v) is 8.59. The van der Waals surface area contributed by atoms with Gasteiger partial charge in [0.05, 0.1) is 6.42 Å². The third kappa shape index (κ3) is 2.83. The highest BCUT2D eigenvalue weighted by Gasteiger charge is 2.31. The first kappa shape index (κ1) is 10.2. The quantitative estimate of drug-likeness (QED) is 0.604. The second kappa shape index (κ2) is 3.48. The van der Waals surface area contributed by atoms with Crippen molar-refractivity contribution < 1.29 is 9.59 Å². The molecule has 0 saturated carbocycles. The fourth-order valence-electron chi connectivity index (χ4n) is 1.65. The van der Waals surface area contributed by atoms with Crippen LogP contribution >= 0.6 is 0 Å². The van der Waals surface area contributed by atoms with Gasteiger partial charge in [0.1, 0.15) is 5.78 Å². The number of hydrogen-bond acceptors (Lipinski definition) is 2. The normalized spacial score (nSPS) is 20.4. The van der Waals surface area contributed by atoms with Crippen LogP contribution in [-0.4, -0.2) is 29.7 Å². The van der Waals surface area contributed by atoms with E-state index in [9.17, 15) is 9.59 Å². The number of Topliss-reactive ketones (excluding diaryl/α,β-unsaturated/α-hetero) is 1. The van der Waals surface area contributed by atoms with E-state index in [4.69, 9.17) is 0 Å². The SMILES string of the molecule is CC(=O)CC(=O)N1CCC(C)(C)C1.